The van der Waals surface area contributed by atoms with Gasteiger partial charge in [0.2, 0.25) is 5.91 Å². The minimum absolute atomic E-state index is 0.0948. The van der Waals surface area contributed by atoms with Crippen LogP contribution in [-0.2, 0) is 4.79 Å². The SMILES string of the molecule is CCCCOc1ccc(NC(=O)CNc2ccc(C(=O)N(C)c3ccccc3)cc2)cc1. The Morgan fingerprint density at radius 1 is 0.875 bits per heavy atom. The molecule has 6 nitrogen and oxygen atoms in total. The number of hydrogen-bond donors (Lipinski definition) is 2. The third kappa shape index (κ3) is 6.60. The van der Waals surface area contributed by atoms with Gasteiger partial charge in [-0.3, -0.25) is 9.59 Å². The zero-order chi connectivity index (χ0) is 22.8. The number of amides is 2. The maximum atomic E-state index is 12.7. The topological polar surface area (TPSA) is 70.7 Å². The molecule has 0 saturated carbocycles. The average molecular weight is 432 g/mol. The summed E-state index contributed by atoms with van der Waals surface area (Å²) < 4.78 is 5.63. The molecule has 0 aliphatic carbocycles. The van der Waals surface area contributed by atoms with Crippen LogP contribution in [0.2, 0.25) is 0 Å². The highest BCUT2D eigenvalue weighted by Crippen LogP contribution is 2.18. The van der Waals surface area contributed by atoms with Crippen molar-refractivity contribution in [1.82, 2.24) is 0 Å². The standard InChI is InChI=1S/C26H29N3O3/c1-3-4-18-32-24-16-14-22(15-17-24)28-25(30)19-27-21-12-10-20(11-13-21)26(31)29(2)23-8-6-5-7-9-23/h5-17,27H,3-4,18-19H2,1-2H3,(H,28,30). The fourth-order valence-electron chi connectivity index (χ4n) is 3.05. The summed E-state index contributed by atoms with van der Waals surface area (Å²) in [4.78, 5) is 26.5. The molecule has 0 aliphatic rings. The molecule has 0 aliphatic heterocycles. The third-order valence-electron chi connectivity index (χ3n) is 4.94. The van der Waals surface area contributed by atoms with E-state index in [1.165, 1.54) is 0 Å². The van der Waals surface area contributed by atoms with Crippen molar-refractivity contribution < 1.29 is 14.3 Å². The van der Waals surface area contributed by atoms with Crippen molar-refractivity contribution >= 4 is 28.9 Å². The number of rotatable bonds is 10. The van der Waals surface area contributed by atoms with Crippen LogP contribution in [0.4, 0.5) is 17.1 Å². The number of ether oxygens (including phenoxy) is 1. The quantitative estimate of drug-likeness (QED) is 0.433. The molecule has 0 saturated heterocycles. The average Bonchev–Trinajstić information content (AvgIpc) is 2.84. The van der Waals surface area contributed by atoms with Crippen molar-refractivity contribution in [2.45, 2.75) is 19.8 Å². The third-order valence-corrected chi connectivity index (χ3v) is 4.94. The van der Waals surface area contributed by atoms with Gasteiger partial charge < -0.3 is 20.3 Å². The Balaban J connectivity index is 1.47. The Kier molecular flexibility index (Phi) is 8.26. The first-order valence-electron chi connectivity index (χ1n) is 10.8. The molecule has 2 amide bonds. The summed E-state index contributed by atoms with van der Waals surface area (Å²) in [7, 11) is 1.75. The van der Waals surface area contributed by atoms with Crippen molar-refractivity contribution in [3.8, 4) is 5.75 Å². The number of carbonyl (C=O) groups is 2. The van der Waals surface area contributed by atoms with Crippen molar-refractivity contribution in [1.29, 1.82) is 0 Å². The minimum Gasteiger partial charge on any atom is -0.494 e. The second-order valence-corrected chi connectivity index (χ2v) is 7.41. The van der Waals surface area contributed by atoms with E-state index in [-0.39, 0.29) is 18.4 Å². The first-order valence-corrected chi connectivity index (χ1v) is 10.8. The Morgan fingerprint density at radius 3 is 2.19 bits per heavy atom. The van der Waals surface area contributed by atoms with Gasteiger partial charge in [0.05, 0.1) is 13.2 Å². The second kappa shape index (κ2) is 11.6. The molecule has 3 rings (SSSR count). The Hall–Kier alpha value is -3.80. The zero-order valence-corrected chi connectivity index (χ0v) is 18.5. The van der Waals surface area contributed by atoms with Crippen LogP contribution < -0.4 is 20.3 Å². The molecular formula is C26H29N3O3. The highest BCUT2D eigenvalue weighted by molar-refractivity contribution is 6.05. The highest BCUT2D eigenvalue weighted by Gasteiger charge is 2.13. The van der Waals surface area contributed by atoms with Crippen molar-refractivity contribution in [3.05, 3.63) is 84.4 Å². The summed E-state index contributed by atoms with van der Waals surface area (Å²) in [6, 6.07) is 23.9. The molecule has 6 heteroatoms. The molecule has 0 spiro atoms. The van der Waals surface area contributed by atoms with E-state index >= 15 is 0 Å². The van der Waals surface area contributed by atoms with Gasteiger partial charge in [0.1, 0.15) is 5.75 Å². The van der Waals surface area contributed by atoms with Gasteiger partial charge in [0.15, 0.2) is 0 Å². The number of benzene rings is 3. The molecule has 166 valence electrons. The Labute approximate surface area is 189 Å². The predicted molar refractivity (Wildman–Crippen MR) is 130 cm³/mol. The molecule has 0 bridgehead atoms. The Morgan fingerprint density at radius 2 is 1.53 bits per heavy atom. The maximum absolute atomic E-state index is 12.7. The maximum Gasteiger partial charge on any atom is 0.258 e. The summed E-state index contributed by atoms with van der Waals surface area (Å²) in [5.41, 5.74) is 2.88. The summed E-state index contributed by atoms with van der Waals surface area (Å²) in [5.74, 6) is 0.540. The molecule has 0 fully saturated rings. The van der Waals surface area contributed by atoms with Gasteiger partial charge in [-0.05, 0) is 67.1 Å². The molecule has 3 aromatic rings. The molecule has 3 aromatic carbocycles. The normalized spacial score (nSPS) is 10.3. The lowest BCUT2D eigenvalue weighted by molar-refractivity contribution is -0.114. The number of hydrogen-bond acceptors (Lipinski definition) is 4. The van der Waals surface area contributed by atoms with E-state index in [9.17, 15) is 9.59 Å². The Bertz CT molecular complexity index is 1000. The van der Waals surface area contributed by atoms with Crippen LogP contribution in [0, 0.1) is 0 Å². The molecule has 0 unspecified atom stereocenters. The van der Waals surface area contributed by atoms with Crippen LogP contribution in [0.1, 0.15) is 30.1 Å². The molecule has 0 aromatic heterocycles. The van der Waals surface area contributed by atoms with Gasteiger partial charge >= 0.3 is 0 Å². The van der Waals surface area contributed by atoms with Crippen LogP contribution >= 0.6 is 0 Å². The van der Waals surface area contributed by atoms with Crippen LogP contribution in [0.15, 0.2) is 78.9 Å². The van der Waals surface area contributed by atoms with Gasteiger partial charge in [-0.2, -0.15) is 0 Å². The lowest BCUT2D eigenvalue weighted by atomic mass is 10.1. The smallest absolute Gasteiger partial charge is 0.258 e. The van der Waals surface area contributed by atoms with E-state index in [4.69, 9.17) is 4.74 Å². The number of nitrogens with zero attached hydrogens (tertiary/aromatic N) is 1. The van der Waals surface area contributed by atoms with Gasteiger partial charge in [0, 0.05) is 29.7 Å². The summed E-state index contributed by atoms with van der Waals surface area (Å²) >= 11 is 0. The summed E-state index contributed by atoms with van der Waals surface area (Å²) in [6.07, 6.45) is 2.11. The number of nitrogens with one attached hydrogen (secondary N) is 2. The van der Waals surface area contributed by atoms with Crippen LogP contribution in [0.3, 0.4) is 0 Å². The van der Waals surface area contributed by atoms with E-state index in [1.807, 2.05) is 54.6 Å². The highest BCUT2D eigenvalue weighted by atomic mass is 16.5. The number of para-hydroxylation sites is 1. The molecule has 0 atom stereocenters. The van der Waals surface area contributed by atoms with Gasteiger partial charge in [-0.1, -0.05) is 31.5 Å². The minimum atomic E-state index is -0.159. The van der Waals surface area contributed by atoms with E-state index in [1.54, 1.807) is 36.2 Å². The van der Waals surface area contributed by atoms with Crippen LogP contribution in [-0.4, -0.2) is 32.0 Å². The number of anilines is 3. The first kappa shape index (κ1) is 22.9. The number of unbranched alkanes of at least 4 members (excludes halogenated alkanes) is 1. The largest absolute Gasteiger partial charge is 0.494 e. The van der Waals surface area contributed by atoms with Crippen LogP contribution in [0.5, 0.6) is 5.75 Å². The van der Waals surface area contributed by atoms with Crippen molar-refractivity contribution in [3.63, 3.8) is 0 Å². The lowest BCUT2D eigenvalue weighted by Crippen LogP contribution is -2.26. The summed E-state index contributed by atoms with van der Waals surface area (Å²) in [5, 5.41) is 5.93. The van der Waals surface area contributed by atoms with Crippen molar-refractivity contribution in [2.75, 3.05) is 35.7 Å². The van der Waals surface area contributed by atoms with Crippen LogP contribution in [0.25, 0.3) is 0 Å². The van der Waals surface area contributed by atoms with E-state index in [2.05, 4.69) is 17.6 Å². The molecule has 0 radical (unpaired) electrons. The van der Waals surface area contributed by atoms with Gasteiger partial charge in [0.25, 0.3) is 5.91 Å². The predicted octanol–water partition coefficient (Wildman–Crippen LogP) is 5.19. The van der Waals surface area contributed by atoms with E-state index in [0.717, 1.165) is 30.0 Å². The molecular weight excluding hydrogens is 402 g/mol. The lowest BCUT2D eigenvalue weighted by Gasteiger charge is -2.17. The van der Waals surface area contributed by atoms with Gasteiger partial charge in [-0.25, -0.2) is 0 Å². The fraction of sp³-hybridized carbons (Fsp3) is 0.231. The summed E-state index contributed by atoms with van der Waals surface area (Å²) in [6.45, 7) is 2.93. The van der Waals surface area contributed by atoms with E-state index in [0.29, 0.717) is 17.9 Å². The molecule has 32 heavy (non-hydrogen) atoms. The van der Waals surface area contributed by atoms with E-state index < -0.39 is 0 Å². The first-order chi connectivity index (χ1) is 15.6. The fourth-order valence-corrected chi connectivity index (χ4v) is 3.05. The number of carbonyl (C=O) groups excluding carboxylic acids is 2. The van der Waals surface area contributed by atoms with Crippen molar-refractivity contribution in [2.24, 2.45) is 0 Å². The second-order valence-electron chi connectivity index (χ2n) is 7.41. The monoisotopic (exact) mass is 431 g/mol. The zero-order valence-electron chi connectivity index (χ0n) is 18.5. The molecule has 0 heterocycles. The molecule has 2 N–H and O–H groups in total. The van der Waals surface area contributed by atoms with Gasteiger partial charge in [-0.15, -0.1) is 0 Å².